The van der Waals surface area contributed by atoms with Crippen molar-refractivity contribution in [2.24, 2.45) is 17.6 Å². The van der Waals surface area contributed by atoms with Gasteiger partial charge in [0.05, 0.1) is 12.5 Å². The molecule has 0 aliphatic rings. The number of aromatic hydroxyl groups is 1. The number of hydrogen-bond donors (Lipinski definition) is 7. The van der Waals surface area contributed by atoms with Crippen molar-refractivity contribution in [3.8, 4) is 5.75 Å². The molecule has 206 valence electrons. The first-order valence-corrected chi connectivity index (χ1v) is 12.1. The van der Waals surface area contributed by atoms with Crippen LogP contribution in [0.25, 0.3) is 0 Å². The molecule has 3 amide bonds. The maximum absolute atomic E-state index is 13.2. The average molecular weight is 523 g/mol. The largest absolute Gasteiger partial charge is 0.508 e. The van der Waals surface area contributed by atoms with Crippen LogP contribution in [0, 0.1) is 11.8 Å². The maximum Gasteiger partial charge on any atom is 0.326 e. The number of aliphatic carboxylic acids is 2. The van der Waals surface area contributed by atoms with E-state index in [1.807, 2.05) is 6.92 Å². The molecule has 0 aromatic heterocycles. The summed E-state index contributed by atoms with van der Waals surface area (Å²) in [6, 6.07) is 0.871. The van der Waals surface area contributed by atoms with Crippen LogP contribution < -0.4 is 21.7 Å². The predicted molar refractivity (Wildman–Crippen MR) is 134 cm³/mol. The first kappa shape index (κ1) is 31.4. The number of hydrogen-bond acceptors (Lipinski definition) is 7. The highest BCUT2D eigenvalue weighted by molar-refractivity contribution is 5.95. The van der Waals surface area contributed by atoms with E-state index in [0.717, 1.165) is 0 Å². The number of phenols is 1. The molecule has 5 atom stereocenters. The van der Waals surface area contributed by atoms with Crippen molar-refractivity contribution in [2.45, 2.75) is 77.5 Å². The number of carbonyl (C=O) groups is 5. The lowest BCUT2D eigenvalue weighted by Crippen LogP contribution is -2.58. The summed E-state index contributed by atoms with van der Waals surface area (Å²) in [4.78, 5) is 61.7. The molecule has 0 heterocycles. The molecule has 0 spiro atoms. The number of carbonyl (C=O) groups excluding carboxylic acids is 3. The van der Waals surface area contributed by atoms with Crippen LogP contribution in [0.5, 0.6) is 5.75 Å². The van der Waals surface area contributed by atoms with E-state index in [2.05, 4.69) is 16.0 Å². The summed E-state index contributed by atoms with van der Waals surface area (Å²) in [5.41, 5.74) is 6.56. The fraction of sp³-hybridized carbons (Fsp3) is 0.560. The van der Waals surface area contributed by atoms with Crippen molar-refractivity contribution in [1.29, 1.82) is 0 Å². The Morgan fingerprint density at radius 3 is 1.84 bits per heavy atom. The normalized spacial score (nSPS) is 15.1. The van der Waals surface area contributed by atoms with Crippen LogP contribution in [0.1, 0.15) is 52.5 Å². The highest BCUT2D eigenvalue weighted by Gasteiger charge is 2.32. The molecule has 1 aromatic carbocycles. The Hall–Kier alpha value is -3.67. The SMILES string of the molecule is CCC(C)C(N)C(=O)NC(Cc1ccc(O)cc1)C(=O)NC(CC(=O)O)C(=O)NC(CC(C)C)C(=O)O. The minimum absolute atomic E-state index is 0.000144. The summed E-state index contributed by atoms with van der Waals surface area (Å²) in [5.74, 6) is -5.38. The standard InChI is InChI=1S/C25H38N4O8/c1-5-14(4)21(26)24(35)28-17(11-15-6-8-16(30)9-7-15)22(33)27-18(12-20(31)32)23(34)29-19(25(36)37)10-13(2)3/h6-9,13-14,17-19,21,30H,5,10-12,26H2,1-4H3,(H,27,33)(H,28,35)(H,29,34)(H,31,32)(H,36,37). The van der Waals surface area contributed by atoms with Gasteiger partial charge in [-0.2, -0.15) is 0 Å². The summed E-state index contributed by atoms with van der Waals surface area (Å²) < 4.78 is 0. The third kappa shape index (κ3) is 10.9. The quantitative estimate of drug-likeness (QED) is 0.169. The molecule has 0 fully saturated rings. The zero-order chi connectivity index (χ0) is 28.3. The Morgan fingerprint density at radius 2 is 1.35 bits per heavy atom. The lowest BCUT2D eigenvalue weighted by atomic mass is 9.98. The van der Waals surface area contributed by atoms with Crippen LogP contribution in [0.15, 0.2) is 24.3 Å². The number of rotatable bonds is 15. The average Bonchev–Trinajstić information content (AvgIpc) is 2.82. The van der Waals surface area contributed by atoms with E-state index >= 15 is 0 Å². The Kier molecular flexibility index (Phi) is 12.5. The third-order valence-electron chi connectivity index (χ3n) is 5.90. The van der Waals surface area contributed by atoms with Crippen molar-refractivity contribution < 1.29 is 39.3 Å². The van der Waals surface area contributed by atoms with Gasteiger partial charge in [0.25, 0.3) is 0 Å². The van der Waals surface area contributed by atoms with Crippen LogP contribution in [0.3, 0.4) is 0 Å². The monoisotopic (exact) mass is 522 g/mol. The minimum atomic E-state index is -1.60. The molecular formula is C25H38N4O8. The highest BCUT2D eigenvalue weighted by Crippen LogP contribution is 2.13. The van der Waals surface area contributed by atoms with E-state index in [4.69, 9.17) is 5.73 Å². The molecule has 1 aromatic rings. The van der Waals surface area contributed by atoms with Gasteiger partial charge >= 0.3 is 11.9 Å². The predicted octanol–water partition coefficient (Wildman–Crippen LogP) is 0.368. The summed E-state index contributed by atoms with van der Waals surface area (Å²) >= 11 is 0. The Balaban J connectivity index is 3.17. The molecule has 0 saturated carbocycles. The number of carboxylic acid groups (broad SMARTS) is 2. The van der Waals surface area contributed by atoms with Crippen molar-refractivity contribution in [2.75, 3.05) is 0 Å². The zero-order valence-corrected chi connectivity index (χ0v) is 21.6. The van der Waals surface area contributed by atoms with Gasteiger partial charge in [0.1, 0.15) is 23.9 Å². The second-order valence-electron chi connectivity index (χ2n) is 9.53. The number of carboxylic acids is 2. The van der Waals surface area contributed by atoms with E-state index in [1.165, 1.54) is 12.1 Å². The molecule has 12 heteroatoms. The highest BCUT2D eigenvalue weighted by atomic mass is 16.4. The molecule has 37 heavy (non-hydrogen) atoms. The van der Waals surface area contributed by atoms with Gasteiger partial charge in [0.2, 0.25) is 17.7 Å². The van der Waals surface area contributed by atoms with E-state index in [-0.39, 0.29) is 30.4 Å². The summed E-state index contributed by atoms with van der Waals surface area (Å²) in [7, 11) is 0. The van der Waals surface area contributed by atoms with Gasteiger partial charge in [0.15, 0.2) is 0 Å². The van der Waals surface area contributed by atoms with Crippen LogP contribution in [0.4, 0.5) is 0 Å². The molecule has 5 unspecified atom stereocenters. The second-order valence-corrected chi connectivity index (χ2v) is 9.53. The van der Waals surface area contributed by atoms with Gasteiger partial charge in [-0.1, -0.05) is 46.2 Å². The second kappa shape index (κ2) is 14.8. The lowest BCUT2D eigenvalue weighted by molar-refractivity contribution is -0.144. The fourth-order valence-electron chi connectivity index (χ4n) is 3.48. The zero-order valence-electron chi connectivity index (χ0n) is 21.6. The molecule has 0 aliphatic carbocycles. The van der Waals surface area contributed by atoms with Gasteiger partial charge in [-0.15, -0.1) is 0 Å². The van der Waals surface area contributed by atoms with Crippen LogP contribution in [-0.2, 0) is 30.4 Å². The summed E-state index contributed by atoms with van der Waals surface area (Å²) in [6.07, 6.45) is -0.136. The Morgan fingerprint density at radius 1 is 0.838 bits per heavy atom. The van der Waals surface area contributed by atoms with Gasteiger partial charge < -0.3 is 37.0 Å². The molecule has 0 saturated heterocycles. The molecule has 8 N–H and O–H groups in total. The van der Waals surface area contributed by atoms with Crippen LogP contribution >= 0.6 is 0 Å². The van der Waals surface area contributed by atoms with Crippen molar-refractivity contribution in [3.63, 3.8) is 0 Å². The molecular weight excluding hydrogens is 484 g/mol. The van der Waals surface area contributed by atoms with Crippen LogP contribution in [-0.4, -0.2) is 69.1 Å². The smallest absolute Gasteiger partial charge is 0.326 e. The number of amides is 3. The van der Waals surface area contributed by atoms with Crippen LogP contribution in [0.2, 0.25) is 0 Å². The minimum Gasteiger partial charge on any atom is -0.508 e. The Labute approximate surface area is 216 Å². The number of benzene rings is 1. The summed E-state index contributed by atoms with van der Waals surface area (Å²) in [5, 5.41) is 35.4. The number of phenolic OH excluding ortho intramolecular Hbond substituents is 1. The topological polar surface area (TPSA) is 208 Å². The van der Waals surface area contributed by atoms with E-state index in [1.54, 1.807) is 32.9 Å². The van der Waals surface area contributed by atoms with E-state index < -0.39 is 60.2 Å². The van der Waals surface area contributed by atoms with Gasteiger partial charge in [0, 0.05) is 6.42 Å². The van der Waals surface area contributed by atoms with Gasteiger partial charge in [-0.25, -0.2) is 4.79 Å². The molecule has 1 rings (SSSR count). The Bertz CT molecular complexity index is 951. The first-order valence-electron chi connectivity index (χ1n) is 12.1. The third-order valence-corrected chi connectivity index (χ3v) is 5.90. The van der Waals surface area contributed by atoms with E-state index in [9.17, 15) is 39.3 Å². The fourth-order valence-corrected chi connectivity index (χ4v) is 3.48. The van der Waals surface area contributed by atoms with Gasteiger partial charge in [-0.3, -0.25) is 19.2 Å². The maximum atomic E-state index is 13.2. The van der Waals surface area contributed by atoms with Gasteiger partial charge in [-0.05, 0) is 36.0 Å². The summed E-state index contributed by atoms with van der Waals surface area (Å²) in [6.45, 7) is 7.17. The van der Waals surface area contributed by atoms with Crippen molar-refractivity contribution in [1.82, 2.24) is 16.0 Å². The molecule has 0 bridgehead atoms. The molecule has 0 aliphatic heterocycles. The molecule has 0 radical (unpaired) electrons. The van der Waals surface area contributed by atoms with E-state index in [0.29, 0.717) is 12.0 Å². The first-order chi connectivity index (χ1) is 17.2. The number of nitrogens with one attached hydrogen (secondary N) is 3. The number of nitrogens with two attached hydrogens (primary N) is 1. The molecule has 12 nitrogen and oxygen atoms in total. The van der Waals surface area contributed by atoms with Crippen molar-refractivity contribution in [3.05, 3.63) is 29.8 Å². The lowest BCUT2D eigenvalue weighted by Gasteiger charge is -2.26. The van der Waals surface area contributed by atoms with Crippen molar-refractivity contribution >= 4 is 29.7 Å².